The van der Waals surface area contributed by atoms with E-state index in [1.807, 2.05) is 12.1 Å². The van der Waals surface area contributed by atoms with Gasteiger partial charge in [0, 0.05) is 10.4 Å². The number of alkyl halides is 2. The van der Waals surface area contributed by atoms with Crippen molar-refractivity contribution in [3.05, 3.63) is 34.3 Å². The van der Waals surface area contributed by atoms with Gasteiger partial charge in [-0.3, -0.25) is 4.79 Å². The van der Waals surface area contributed by atoms with E-state index in [0.717, 1.165) is 5.56 Å². The summed E-state index contributed by atoms with van der Waals surface area (Å²) in [7, 11) is 0. The lowest BCUT2D eigenvalue weighted by Gasteiger charge is -2.10. The fourth-order valence-corrected chi connectivity index (χ4v) is 2.29. The topological polar surface area (TPSA) is 17.1 Å². The molecule has 76 valence electrons. The molecule has 0 radical (unpaired) electrons. The van der Waals surface area contributed by atoms with Gasteiger partial charge < -0.3 is 0 Å². The zero-order chi connectivity index (χ0) is 10.7. The van der Waals surface area contributed by atoms with Gasteiger partial charge in [0.05, 0.1) is 0 Å². The number of rotatable bonds is 3. The first-order valence-corrected chi connectivity index (χ1v) is 5.99. The van der Waals surface area contributed by atoms with Crippen LogP contribution in [0.2, 0.25) is 5.02 Å². The predicted octanol–water partition coefficient (Wildman–Crippen LogP) is 4.10. The second-order valence-corrected chi connectivity index (χ2v) is 4.30. The summed E-state index contributed by atoms with van der Waals surface area (Å²) < 4.78 is 0. The summed E-state index contributed by atoms with van der Waals surface area (Å²) in [6.45, 7) is 1.45. The quantitative estimate of drug-likeness (QED) is 0.767. The molecule has 1 unspecified atom stereocenters. The fraction of sp³-hybridized carbons (Fsp3) is 0.300. The van der Waals surface area contributed by atoms with Crippen LogP contribution in [0.5, 0.6) is 0 Å². The zero-order valence-electron chi connectivity index (χ0n) is 7.56. The van der Waals surface area contributed by atoms with Crippen molar-refractivity contribution < 1.29 is 4.79 Å². The summed E-state index contributed by atoms with van der Waals surface area (Å²) in [4.78, 5) is 11.1. The van der Waals surface area contributed by atoms with Crippen LogP contribution in [0.25, 0.3) is 0 Å². The third-order valence-corrected chi connectivity index (χ3v) is 3.49. The van der Waals surface area contributed by atoms with Gasteiger partial charge in [0.1, 0.15) is 5.38 Å². The van der Waals surface area contributed by atoms with Gasteiger partial charge in [-0.1, -0.05) is 45.7 Å². The van der Waals surface area contributed by atoms with Crippen LogP contribution in [0, 0.1) is 0 Å². The Bertz CT molecular complexity index is 352. The van der Waals surface area contributed by atoms with Gasteiger partial charge in [0.2, 0.25) is 0 Å². The van der Waals surface area contributed by atoms with Crippen molar-refractivity contribution in [2.45, 2.75) is 17.6 Å². The minimum Gasteiger partial charge on any atom is -0.298 e. The highest BCUT2D eigenvalue weighted by atomic mass is 79.9. The van der Waals surface area contributed by atoms with Crippen molar-refractivity contribution >= 4 is 44.9 Å². The third-order valence-electron chi connectivity index (χ3n) is 1.88. The molecule has 1 nitrogen and oxygen atoms in total. The second-order valence-electron chi connectivity index (χ2n) is 2.93. The molecule has 0 aliphatic heterocycles. The third kappa shape index (κ3) is 2.50. The van der Waals surface area contributed by atoms with Crippen LogP contribution in [-0.4, -0.2) is 5.78 Å². The fourth-order valence-electron chi connectivity index (χ4n) is 1.12. The molecule has 0 saturated carbocycles. The normalized spacial score (nSPS) is 12.6. The highest BCUT2D eigenvalue weighted by Gasteiger charge is 2.17. The molecule has 0 spiro atoms. The standard InChI is InChI=1S/C10H9BrCl2O/c1-6(14)9(12)8-4-2-3-7(5-11)10(8)13/h2-4,9H,5H2,1H3. The van der Waals surface area contributed by atoms with E-state index < -0.39 is 5.38 Å². The van der Waals surface area contributed by atoms with E-state index >= 15 is 0 Å². The number of Topliss-reactive ketones (excluding diaryl/α,β-unsaturated/α-hetero) is 1. The summed E-state index contributed by atoms with van der Waals surface area (Å²) in [6.07, 6.45) is 0. The molecule has 0 aliphatic carbocycles. The minimum absolute atomic E-state index is 0.0970. The average Bonchev–Trinajstić information content (AvgIpc) is 2.17. The first-order chi connectivity index (χ1) is 6.57. The van der Waals surface area contributed by atoms with Crippen LogP contribution in [0.3, 0.4) is 0 Å². The van der Waals surface area contributed by atoms with Crippen molar-refractivity contribution in [1.82, 2.24) is 0 Å². The van der Waals surface area contributed by atoms with E-state index in [9.17, 15) is 4.79 Å². The Labute approximate surface area is 102 Å². The number of hydrogen-bond acceptors (Lipinski definition) is 1. The summed E-state index contributed by atoms with van der Waals surface area (Å²) in [5.74, 6) is -0.0970. The van der Waals surface area contributed by atoms with Crippen molar-refractivity contribution in [3.63, 3.8) is 0 Å². The lowest BCUT2D eigenvalue weighted by Crippen LogP contribution is -2.03. The molecule has 0 fully saturated rings. The molecule has 1 rings (SSSR count). The first kappa shape index (κ1) is 12.0. The highest BCUT2D eigenvalue weighted by molar-refractivity contribution is 9.08. The monoisotopic (exact) mass is 294 g/mol. The number of carbonyl (C=O) groups excluding carboxylic acids is 1. The molecule has 14 heavy (non-hydrogen) atoms. The largest absolute Gasteiger partial charge is 0.298 e. The van der Waals surface area contributed by atoms with Crippen molar-refractivity contribution in [2.75, 3.05) is 0 Å². The number of hydrogen-bond donors (Lipinski definition) is 0. The van der Waals surface area contributed by atoms with Crippen molar-refractivity contribution in [1.29, 1.82) is 0 Å². The molecule has 0 saturated heterocycles. The average molecular weight is 296 g/mol. The number of carbonyl (C=O) groups is 1. The SMILES string of the molecule is CC(=O)C(Cl)c1cccc(CBr)c1Cl. The summed E-state index contributed by atoms with van der Waals surface area (Å²) >= 11 is 15.3. The summed E-state index contributed by atoms with van der Waals surface area (Å²) in [6, 6.07) is 5.51. The summed E-state index contributed by atoms with van der Waals surface area (Å²) in [5, 5.41) is 0.572. The maximum absolute atomic E-state index is 11.1. The van der Waals surface area contributed by atoms with Crippen molar-refractivity contribution in [2.24, 2.45) is 0 Å². The van der Waals surface area contributed by atoms with E-state index in [1.54, 1.807) is 6.07 Å². The Balaban J connectivity index is 3.15. The van der Waals surface area contributed by atoms with Gasteiger partial charge in [-0.05, 0) is 18.1 Å². The Kier molecular flexibility index (Phi) is 4.42. The molecule has 0 amide bonds. The van der Waals surface area contributed by atoms with Gasteiger partial charge in [-0.15, -0.1) is 11.6 Å². The van der Waals surface area contributed by atoms with Gasteiger partial charge in [0.25, 0.3) is 0 Å². The molecule has 0 aliphatic rings. The molecule has 0 bridgehead atoms. The van der Waals surface area contributed by atoms with Crippen LogP contribution in [0.1, 0.15) is 23.4 Å². The summed E-state index contributed by atoms with van der Waals surface area (Å²) in [5.41, 5.74) is 1.62. The highest BCUT2D eigenvalue weighted by Crippen LogP contribution is 2.31. The van der Waals surface area contributed by atoms with Gasteiger partial charge in [-0.2, -0.15) is 0 Å². The van der Waals surface area contributed by atoms with Gasteiger partial charge >= 0.3 is 0 Å². The Hall–Kier alpha value is -0.0500. The van der Waals surface area contributed by atoms with E-state index in [1.165, 1.54) is 6.92 Å². The van der Waals surface area contributed by atoms with Gasteiger partial charge in [0.15, 0.2) is 5.78 Å². The van der Waals surface area contributed by atoms with Crippen LogP contribution in [-0.2, 0) is 10.1 Å². The lowest BCUT2D eigenvalue weighted by molar-refractivity contribution is -0.116. The number of halogens is 3. The maximum atomic E-state index is 11.1. The Morgan fingerprint density at radius 2 is 2.21 bits per heavy atom. The number of ketones is 1. The second kappa shape index (κ2) is 5.15. The Morgan fingerprint density at radius 3 is 2.71 bits per heavy atom. The first-order valence-electron chi connectivity index (χ1n) is 4.05. The molecule has 1 aromatic rings. The molecule has 1 aromatic carbocycles. The van der Waals surface area contributed by atoms with Crippen LogP contribution < -0.4 is 0 Å². The van der Waals surface area contributed by atoms with Gasteiger partial charge in [-0.25, -0.2) is 0 Å². The van der Waals surface area contributed by atoms with E-state index in [0.29, 0.717) is 15.9 Å². The molecular weight excluding hydrogens is 287 g/mol. The molecule has 0 N–H and O–H groups in total. The molecule has 4 heteroatoms. The Morgan fingerprint density at radius 1 is 1.57 bits per heavy atom. The van der Waals surface area contributed by atoms with E-state index in [-0.39, 0.29) is 5.78 Å². The number of benzene rings is 1. The molecular formula is C10H9BrCl2O. The molecule has 1 atom stereocenters. The lowest BCUT2D eigenvalue weighted by atomic mass is 10.1. The maximum Gasteiger partial charge on any atom is 0.152 e. The smallest absolute Gasteiger partial charge is 0.152 e. The zero-order valence-corrected chi connectivity index (χ0v) is 10.7. The van der Waals surface area contributed by atoms with E-state index in [2.05, 4.69) is 15.9 Å². The predicted molar refractivity (Wildman–Crippen MR) is 63.4 cm³/mol. The van der Waals surface area contributed by atoms with Crippen LogP contribution in [0.15, 0.2) is 18.2 Å². The minimum atomic E-state index is -0.651. The van der Waals surface area contributed by atoms with Crippen LogP contribution >= 0.6 is 39.1 Å². The molecule has 0 aromatic heterocycles. The van der Waals surface area contributed by atoms with Crippen LogP contribution in [0.4, 0.5) is 0 Å². The van der Waals surface area contributed by atoms with Crippen molar-refractivity contribution in [3.8, 4) is 0 Å². The van der Waals surface area contributed by atoms with E-state index in [4.69, 9.17) is 23.2 Å². The molecule has 0 heterocycles.